The highest BCUT2D eigenvalue weighted by molar-refractivity contribution is 7.92. The quantitative estimate of drug-likeness (QED) is 0.354. The normalized spacial score (nSPS) is 11.9. The highest BCUT2D eigenvalue weighted by Gasteiger charge is 2.32. The summed E-state index contributed by atoms with van der Waals surface area (Å²) in [5.74, 6) is -0.446. The number of nitrogens with zero attached hydrogens (tertiary/aromatic N) is 2. The molecule has 202 valence electrons. The van der Waals surface area contributed by atoms with Crippen LogP contribution in [0.3, 0.4) is 0 Å². The zero-order chi connectivity index (χ0) is 27.7. The van der Waals surface area contributed by atoms with Gasteiger partial charge in [0.25, 0.3) is 10.0 Å². The van der Waals surface area contributed by atoms with Crippen LogP contribution in [0.2, 0.25) is 5.02 Å². The lowest BCUT2D eigenvalue weighted by atomic mass is 10.1. The van der Waals surface area contributed by atoms with Gasteiger partial charge in [0.2, 0.25) is 11.8 Å². The molecular formula is C28H32ClN3O5S. The number of carbonyl (C=O) groups excluding carboxylic acids is 2. The Morgan fingerprint density at radius 2 is 1.71 bits per heavy atom. The fourth-order valence-electron chi connectivity index (χ4n) is 3.82. The van der Waals surface area contributed by atoms with Crippen molar-refractivity contribution in [3.63, 3.8) is 0 Å². The molecule has 8 nitrogen and oxygen atoms in total. The van der Waals surface area contributed by atoms with Crippen molar-refractivity contribution in [1.82, 2.24) is 10.2 Å². The molecule has 0 heterocycles. The molecule has 0 aliphatic carbocycles. The molecular weight excluding hydrogens is 526 g/mol. The predicted octanol–water partition coefficient (Wildman–Crippen LogP) is 4.49. The Kier molecular flexibility index (Phi) is 10.2. The van der Waals surface area contributed by atoms with E-state index in [9.17, 15) is 18.0 Å². The monoisotopic (exact) mass is 557 g/mol. The molecule has 3 rings (SSSR count). The minimum absolute atomic E-state index is 0.0331. The molecule has 0 aliphatic rings. The van der Waals surface area contributed by atoms with Gasteiger partial charge in [0.05, 0.1) is 17.7 Å². The molecule has 0 fully saturated rings. The van der Waals surface area contributed by atoms with Gasteiger partial charge < -0.3 is 15.0 Å². The van der Waals surface area contributed by atoms with E-state index < -0.39 is 28.5 Å². The lowest BCUT2D eigenvalue weighted by molar-refractivity contribution is -0.139. The van der Waals surface area contributed by atoms with Crippen LogP contribution in [0.5, 0.6) is 5.75 Å². The van der Waals surface area contributed by atoms with E-state index in [0.29, 0.717) is 22.9 Å². The third kappa shape index (κ3) is 7.26. The zero-order valence-electron chi connectivity index (χ0n) is 21.6. The first-order valence-corrected chi connectivity index (χ1v) is 14.0. The third-order valence-corrected chi connectivity index (χ3v) is 7.93. The molecule has 0 bridgehead atoms. The van der Waals surface area contributed by atoms with Crippen molar-refractivity contribution < 1.29 is 22.7 Å². The predicted molar refractivity (Wildman–Crippen MR) is 149 cm³/mol. The third-order valence-electron chi connectivity index (χ3n) is 5.91. The van der Waals surface area contributed by atoms with Crippen LogP contribution in [0.4, 0.5) is 5.69 Å². The molecule has 10 heteroatoms. The summed E-state index contributed by atoms with van der Waals surface area (Å²) >= 11 is 6.16. The van der Waals surface area contributed by atoms with E-state index in [0.717, 1.165) is 10.7 Å². The van der Waals surface area contributed by atoms with Crippen molar-refractivity contribution in [3.8, 4) is 5.75 Å². The highest BCUT2D eigenvalue weighted by atomic mass is 35.5. The molecule has 0 saturated carbocycles. The van der Waals surface area contributed by atoms with Gasteiger partial charge in [-0.15, -0.1) is 0 Å². The van der Waals surface area contributed by atoms with Gasteiger partial charge in [-0.05, 0) is 55.3 Å². The Hall–Kier alpha value is -3.56. The van der Waals surface area contributed by atoms with Crippen molar-refractivity contribution in [2.45, 2.75) is 37.8 Å². The maximum Gasteiger partial charge on any atom is 0.264 e. The second-order valence-corrected chi connectivity index (χ2v) is 10.9. The number of methoxy groups -OCH3 is 1. The number of benzene rings is 3. The van der Waals surface area contributed by atoms with E-state index in [1.165, 1.54) is 24.1 Å². The smallest absolute Gasteiger partial charge is 0.264 e. The summed E-state index contributed by atoms with van der Waals surface area (Å²) in [7, 11) is -2.66. The Labute approximate surface area is 229 Å². The van der Waals surface area contributed by atoms with Gasteiger partial charge in [-0.1, -0.05) is 54.9 Å². The van der Waals surface area contributed by atoms with Gasteiger partial charge in [0, 0.05) is 24.2 Å². The van der Waals surface area contributed by atoms with E-state index in [-0.39, 0.29) is 23.0 Å². The minimum Gasteiger partial charge on any atom is -0.497 e. The van der Waals surface area contributed by atoms with Gasteiger partial charge in [-0.25, -0.2) is 8.42 Å². The van der Waals surface area contributed by atoms with Crippen LogP contribution >= 0.6 is 11.6 Å². The molecule has 38 heavy (non-hydrogen) atoms. The molecule has 3 aromatic carbocycles. The zero-order valence-corrected chi connectivity index (χ0v) is 23.2. The van der Waals surface area contributed by atoms with Crippen molar-refractivity contribution in [3.05, 3.63) is 89.4 Å². The summed E-state index contributed by atoms with van der Waals surface area (Å²) in [6, 6.07) is 20.5. The Balaban J connectivity index is 2.03. The lowest BCUT2D eigenvalue weighted by Gasteiger charge is -2.32. The highest BCUT2D eigenvalue weighted by Crippen LogP contribution is 2.27. The second-order valence-electron chi connectivity index (χ2n) is 8.64. The van der Waals surface area contributed by atoms with E-state index in [2.05, 4.69) is 5.32 Å². The molecule has 3 aromatic rings. The molecule has 0 unspecified atom stereocenters. The number of rotatable bonds is 12. The van der Waals surface area contributed by atoms with Crippen LogP contribution < -0.4 is 14.4 Å². The summed E-state index contributed by atoms with van der Waals surface area (Å²) in [4.78, 5) is 28.1. The SMILES string of the molecule is CCCNC(=O)[C@@H](C)N(Cc1cccc(Cl)c1)C(=O)CN(c1cccc(OC)c1)S(=O)(=O)c1ccccc1. The van der Waals surface area contributed by atoms with Crippen molar-refractivity contribution >= 4 is 39.1 Å². The van der Waals surface area contributed by atoms with Crippen molar-refractivity contribution in [1.29, 1.82) is 0 Å². The Bertz CT molecular complexity index is 1350. The van der Waals surface area contributed by atoms with E-state index >= 15 is 0 Å². The van der Waals surface area contributed by atoms with E-state index in [1.54, 1.807) is 73.7 Å². The number of nitrogens with one attached hydrogen (secondary N) is 1. The lowest BCUT2D eigenvalue weighted by Crippen LogP contribution is -2.51. The van der Waals surface area contributed by atoms with Gasteiger partial charge in [-0.2, -0.15) is 0 Å². The van der Waals surface area contributed by atoms with Crippen molar-refractivity contribution in [2.75, 3.05) is 24.5 Å². The van der Waals surface area contributed by atoms with Crippen LogP contribution in [0.15, 0.2) is 83.8 Å². The van der Waals surface area contributed by atoms with Gasteiger partial charge in [0.1, 0.15) is 18.3 Å². The number of hydrogen-bond acceptors (Lipinski definition) is 5. The van der Waals surface area contributed by atoms with Crippen LogP contribution in [0.25, 0.3) is 0 Å². The van der Waals surface area contributed by atoms with Gasteiger partial charge in [0.15, 0.2) is 0 Å². The number of anilines is 1. The number of amides is 2. The number of ether oxygens (including phenoxy) is 1. The summed E-state index contributed by atoms with van der Waals surface area (Å²) < 4.78 is 33.8. The summed E-state index contributed by atoms with van der Waals surface area (Å²) in [5, 5.41) is 3.30. The van der Waals surface area contributed by atoms with Crippen LogP contribution in [0, 0.1) is 0 Å². The number of hydrogen-bond donors (Lipinski definition) is 1. The molecule has 2 amide bonds. The first-order valence-electron chi connectivity index (χ1n) is 12.2. The van der Waals surface area contributed by atoms with Crippen LogP contribution in [-0.2, 0) is 26.2 Å². The summed E-state index contributed by atoms with van der Waals surface area (Å²) in [6.45, 7) is 3.55. The fourth-order valence-corrected chi connectivity index (χ4v) is 5.46. The standard InChI is InChI=1S/C28H32ClN3O5S/c1-4-16-30-28(34)21(2)31(19-22-10-8-11-23(29)17-22)27(33)20-32(24-12-9-13-25(18-24)37-3)38(35,36)26-14-6-5-7-15-26/h5-15,17-18,21H,4,16,19-20H2,1-3H3,(H,30,34)/t21-/m1/s1. The number of sulfonamides is 1. The van der Waals surface area contributed by atoms with E-state index in [4.69, 9.17) is 16.3 Å². The van der Waals surface area contributed by atoms with Gasteiger partial charge in [-0.3, -0.25) is 13.9 Å². The van der Waals surface area contributed by atoms with Gasteiger partial charge >= 0.3 is 0 Å². The van der Waals surface area contributed by atoms with E-state index in [1.807, 2.05) is 6.92 Å². The molecule has 0 aliphatic heterocycles. The molecule has 1 atom stereocenters. The Morgan fingerprint density at radius 3 is 2.37 bits per heavy atom. The average Bonchev–Trinajstić information content (AvgIpc) is 2.93. The molecule has 0 aromatic heterocycles. The molecule has 0 spiro atoms. The maximum atomic E-state index is 13.8. The average molecular weight is 558 g/mol. The summed E-state index contributed by atoms with van der Waals surface area (Å²) in [5.41, 5.74) is 0.965. The molecule has 0 saturated heterocycles. The first-order chi connectivity index (χ1) is 18.2. The first kappa shape index (κ1) is 29.0. The van der Waals surface area contributed by atoms with Crippen LogP contribution in [-0.4, -0.2) is 51.4 Å². The fraction of sp³-hybridized carbons (Fsp3) is 0.286. The molecule has 1 N–H and O–H groups in total. The van der Waals surface area contributed by atoms with Crippen molar-refractivity contribution in [2.24, 2.45) is 0 Å². The topological polar surface area (TPSA) is 96.0 Å². The molecule has 0 radical (unpaired) electrons. The largest absolute Gasteiger partial charge is 0.497 e. The Morgan fingerprint density at radius 1 is 1.00 bits per heavy atom. The van der Waals surface area contributed by atoms with Crippen LogP contribution in [0.1, 0.15) is 25.8 Å². The maximum absolute atomic E-state index is 13.8. The summed E-state index contributed by atoms with van der Waals surface area (Å²) in [6.07, 6.45) is 0.736. The second kappa shape index (κ2) is 13.3. The minimum atomic E-state index is -4.14. The number of carbonyl (C=O) groups is 2. The number of halogens is 1.